The summed E-state index contributed by atoms with van der Waals surface area (Å²) in [5, 5.41) is 10.7. The van der Waals surface area contributed by atoms with Crippen molar-refractivity contribution in [2.45, 2.75) is 37.8 Å². The Bertz CT molecular complexity index is 1230. The first-order valence-electron chi connectivity index (χ1n) is 14.0. The van der Waals surface area contributed by atoms with E-state index in [0.717, 1.165) is 60.7 Å². The van der Waals surface area contributed by atoms with E-state index in [9.17, 15) is 14.3 Å². The molecule has 0 saturated carbocycles. The van der Waals surface area contributed by atoms with Gasteiger partial charge in [-0.2, -0.15) is 0 Å². The summed E-state index contributed by atoms with van der Waals surface area (Å²) in [5.41, 5.74) is 2.43. The molecule has 3 aromatic carbocycles. The predicted molar refractivity (Wildman–Crippen MR) is 161 cm³/mol. The Morgan fingerprint density at radius 3 is 2.32 bits per heavy atom. The first-order chi connectivity index (χ1) is 19.9. The number of halogens is 1. The van der Waals surface area contributed by atoms with Crippen LogP contribution in [0.15, 0.2) is 72.8 Å². The Morgan fingerprint density at radius 1 is 0.976 bits per heavy atom. The number of hydrogen-bond donors (Lipinski definition) is 2. The van der Waals surface area contributed by atoms with E-state index >= 15 is 0 Å². The van der Waals surface area contributed by atoms with Crippen LogP contribution in [0.3, 0.4) is 0 Å². The molecule has 1 heterocycles. The number of amides is 1. The highest BCUT2D eigenvalue weighted by molar-refractivity contribution is 7.93. The average molecular weight is 583 g/mol. The Kier molecular flexibility index (Phi) is 11.4. The predicted octanol–water partition coefficient (Wildman–Crippen LogP) is 6.35. The lowest BCUT2D eigenvalue weighted by atomic mass is 9.78. The number of aliphatic hydroxyl groups excluding tert-OH is 1. The zero-order valence-electron chi connectivity index (χ0n) is 23.6. The Hall–Kier alpha value is -3.11. The van der Waals surface area contributed by atoms with E-state index in [2.05, 4.69) is 4.90 Å². The van der Waals surface area contributed by atoms with Crippen molar-refractivity contribution in [2.24, 2.45) is 5.92 Å². The smallest absolute Gasteiger partial charge is 0.233 e. The van der Waals surface area contributed by atoms with Crippen molar-refractivity contribution in [3.63, 3.8) is 0 Å². The molecule has 4 rings (SSSR count). The standard InChI is InChI=1S/C32H39FN2O5S/c1-34(20-22-41-38)19-3-4-21-40-28-15-11-26(12-16-28)35-31(24-7-13-27(39-2)14-8-24)29(32(35)37)17-18-30(36)23-5-9-25(33)10-6-23/h5-16,29-31,36,38H,3-4,17-22H2,1-2H3. The summed E-state index contributed by atoms with van der Waals surface area (Å²) in [6.45, 7) is 2.41. The van der Waals surface area contributed by atoms with Gasteiger partial charge in [0.1, 0.15) is 17.3 Å². The van der Waals surface area contributed by atoms with Gasteiger partial charge in [-0.15, -0.1) is 0 Å². The Balaban J connectivity index is 1.38. The molecule has 1 saturated heterocycles. The summed E-state index contributed by atoms with van der Waals surface area (Å²) < 4.78 is 33.4. The molecule has 0 aliphatic carbocycles. The molecule has 1 fully saturated rings. The lowest BCUT2D eigenvalue weighted by Gasteiger charge is -2.48. The third-order valence-electron chi connectivity index (χ3n) is 7.56. The Labute approximate surface area is 246 Å². The van der Waals surface area contributed by atoms with Crippen molar-refractivity contribution in [3.05, 3.63) is 89.7 Å². The second-order valence-electron chi connectivity index (χ2n) is 10.4. The first kappa shape index (κ1) is 30.8. The Morgan fingerprint density at radius 2 is 1.66 bits per heavy atom. The van der Waals surface area contributed by atoms with Gasteiger partial charge in [0.25, 0.3) is 0 Å². The van der Waals surface area contributed by atoms with Crippen LogP contribution in [0.4, 0.5) is 10.1 Å². The third-order valence-corrected chi connectivity index (χ3v) is 7.92. The number of β-lactam (4-membered cyclic amide) rings is 1. The summed E-state index contributed by atoms with van der Waals surface area (Å²) in [4.78, 5) is 17.4. The molecule has 0 aromatic heterocycles. The van der Waals surface area contributed by atoms with E-state index in [0.29, 0.717) is 30.8 Å². The number of unbranched alkanes of at least 4 members (excludes halogenated alkanes) is 1. The van der Waals surface area contributed by atoms with Gasteiger partial charge < -0.3 is 28.9 Å². The van der Waals surface area contributed by atoms with Gasteiger partial charge in [-0.05, 0) is 111 Å². The topological polar surface area (TPSA) is 82.5 Å². The summed E-state index contributed by atoms with van der Waals surface area (Å²) in [5.74, 6) is 1.58. The fraction of sp³-hybridized carbons (Fsp3) is 0.406. The maximum atomic E-state index is 13.4. The number of methoxy groups -OCH3 is 1. The van der Waals surface area contributed by atoms with Gasteiger partial charge in [-0.1, -0.05) is 24.3 Å². The zero-order chi connectivity index (χ0) is 29.2. The van der Waals surface area contributed by atoms with Crippen molar-refractivity contribution >= 4 is 23.6 Å². The molecule has 0 radical (unpaired) electrons. The van der Waals surface area contributed by atoms with Crippen LogP contribution in [-0.2, 0) is 4.79 Å². The van der Waals surface area contributed by atoms with E-state index in [1.807, 2.05) is 55.6 Å². The van der Waals surface area contributed by atoms with Gasteiger partial charge >= 0.3 is 0 Å². The molecule has 220 valence electrons. The third kappa shape index (κ3) is 8.23. The van der Waals surface area contributed by atoms with E-state index in [-0.39, 0.29) is 23.7 Å². The van der Waals surface area contributed by atoms with E-state index in [4.69, 9.17) is 14.0 Å². The second-order valence-corrected chi connectivity index (χ2v) is 11.0. The lowest BCUT2D eigenvalue weighted by Crippen LogP contribution is -2.55. The van der Waals surface area contributed by atoms with Gasteiger partial charge in [0.15, 0.2) is 0 Å². The molecular formula is C32H39FN2O5S. The largest absolute Gasteiger partial charge is 0.497 e. The molecule has 41 heavy (non-hydrogen) atoms. The van der Waals surface area contributed by atoms with Crippen LogP contribution in [0.5, 0.6) is 11.5 Å². The monoisotopic (exact) mass is 582 g/mol. The number of ether oxygens (including phenoxy) is 2. The van der Waals surface area contributed by atoms with Crippen LogP contribution in [-0.4, -0.2) is 60.1 Å². The minimum Gasteiger partial charge on any atom is -0.497 e. The van der Waals surface area contributed by atoms with Gasteiger partial charge in [-0.3, -0.25) is 4.79 Å². The molecule has 1 aliphatic heterocycles. The van der Waals surface area contributed by atoms with Gasteiger partial charge in [-0.25, -0.2) is 4.39 Å². The molecule has 3 unspecified atom stereocenters. The molecule has 7 nitrogen and oxygen atoms in total. The number of hydrogen-bond acceptors (Lipinski definition) is 7. The molecule has 0 bridgehead atoms. The average Bonchev–Trinajstić information content (AvgIpc) is 2.99. The lowest BCUT2D eigenvalue weighted by molar-refractivity contribution is -0.131. The number of nitrogens with zero attached hydrogens (tertiary/aromatic N) is 2. The number of rotatable bonds is 16. The number of carbonyl (C=O) groups is 1. The quantitative estimate of drug-likeness (QED) is 0.116. The molecule has 2 N–H and O–H groups in total. The van der Waals surface area contributed by atoms with Crippen molar-refractivity contribution < 1.29 is 28.3 Å². The SMILES string of the molecule is COc1ccc(C2C(CCC(O)c3ccc(F)cc3)C(=O)N2c2ccc(OCCCCN(C)CCSO)cc2)cc1. The molecule has 1 amide bonds. The maximum absolute atomic E-state index is 13.4. The number of carbonyl (C=O) groups excluding carboxylic acids is 1. The maximum Gasteiger partial charge on any atom is 0.233 e. The van der Waals surface area contributed by atoms with Crippen molar-refractivity contribution in [1.29, 1.82) is 0 Å². The molecule has 9 heteroatoms. The van der Waals surface area contributed by atoms with Crippen LogP contribution in [0.1, 0.15) is 49.0 Å². The van der Waals surface area contributed by atoms with Crippen molar-refractivity contribution in [3.8, 4) is 11.5 Å². The number of aliphatic hydroxyl groups is 1. The van der Waals surface area contributed by atoms with E-state index < -0.39 is 6.10 Å². The highest BCUT2D eigenvalue weighted by atomic mass is 32.2. The second kappa shape index (κ2) is 15.2. The summed E-state index contributed by atoms with van der Waals surface area (Å²) >= 11 is 0.867. The van der Waals surface area contributed by atoms with Gasteiger partial charge in [0.2, 0.25) is 5.91 Å². The van der Waals surface area contributed by atoms with Crippen LogP contribution in [0.25, 0.3) is 0 Å². The van der Waals surface area contributed by atoms with E-state index in [1.54, 1.807) is 24.1 Å². The highest BCUT2D eigenvalue weighted by Crippen LogP contribution is 2.46. The van der Waals surface area contributed by atoms with Crippen molar-refractivity contribution in [1.82, 2.24) is 4.90 Å². The van der Waals surface area contributed by atoms with Crippen molar-refractivity contribution in [2.75, 3.05) is 44.5 Å². The number of anilines is 1. The molecule has 0 spiro atoms. The molecular weight excluding hydrogens is 543 g/mol. The summed E-state index contributed by atoms with van der Waals surface area (Å²) in [6.07, 6.45) is 2.05. The van der Waals surface area contributed by atoms with Crippen LogP contribution in [0, 0.1) is 11.7 Å². The molecule has 1 aliphatic rings. The zero-order valence-corrected chi connectivity index (χ0v) is 24.4. The van der Waals surface area contributed by atoms with Crippen LogP contribution in [0.2, 0.25) is 0 Å². The molecule has 3 aromatic rings. The van der Waals surface area contributed by atoms with Gasteiger partial charge in [0, 0.05) is 18.0 Å². The minimum absolute atomic E-state index is 0.00881. The minimum atomic E-state index is -0.773. The number of benzene rings is 3. The first-order valence-corrected chi connectivity index (χ1v) is 14.9. The summed E-state index contributed by atoms with van der Waals surface area (Å²) in [7, 11) is 3.67. The highest BCUT2D eigenvalue weighted by Gasteiger charge is 2.48. The molecule has 3 atom stereocenters. The van der Waals surface area contributed by atoms with Crippen LogP contribution >= 0.6 is 12.0 Å². The fourth-order valence-corrected chi connectivity index (χ4v) is 5.57. The van der Waals surface area contributed by atoms with Gasteiger partial charge in [0.05, 0.1) is 31.8 Å². The van der Waals surface area contributed by atoms with E-state index in [1.165, 1.54) is 12.1 Å². The summed E-state index contributed by atoms with van der Waals surface area (Å²) in [6, 6.07) is 21.0. The fourth-order valence-electron chi connectivity index (χ4n) is 5.17. The normalized spacial score (nSPS) is 17.4. The van der Waals surface area contributed by atoms with Crippen LogP contribution < -0.4 is 14.4 Å².